The summed E-state index contributed by atoms with van der Waals surface area (Å²) >= 11 is 0. The second-order valence-corrected chi connectivity index (χ2v) is 5.03. The number of hydrogen-bond donors (Lipinski definition) is 2. The molecule has 116 valence electrons. The molecule has 0 atom stereocenters. The van der Waals surface area contributed by atoms with E-state index in [4.69, 9.17) is 0 Å². The van der Waals surface area contributed by atoms with Crippen molar-refractivity contribution in [1.82, 2.24) is 10.3 Å². The van der Waals surface area contributed by atoms with Crippen LogP contribution < -0.4 is 10.6 Å². The number of anilines is 1. The Morgan fingerprint density at radius 3 is 2.77 bits per heavy atom. The van der Waals surface area contributed by atoms with Crippen LogP contribution in [0.2, 0.25) is 0 Å². The van der Waals surface area contributed by atoms with E-state index >= 15 is 0 Å². The number of pyridine rings is 1. The summed E-state index contributed by atoms with van der Waals surface area (Å²) in [6.07, 6.45) is 0.761. The van der Waals surface area contributed by atoms with Crippen LogP contribution in [0.25, 0.3) is 10.9 Å². The van der Waals surface area contributed by atoms with Crippen LogP contribution in [0.15, 0.2) is 24.3 Å². The maximum absolute atomic E-state index is 10.9. The third kappa shape index (κ3) is 3.91. The van der Waals surface area contributed by atoms with E-state index in [0.29, 0.717) is 13.1 Å². The van der Waals surface area contributed by atoms with Gasteiger partial charge in [-0.3, -0.25) is 19.9 Å². The molecule has 2 aromatic rings. The molecule has 7 nitrogen and oxygen atoms in total. The van der Waals surface area contributed by atoms with Crippen molar-refractivity contribution in [2.75, 3.05) is 18.4 Å². The van der Waals surface area contributed by atoms with Gasteiger partial charge in [-0.15, -0.1) is 0 Å². The van der Waals surface area contributed by atoms with Crippen molar-refractivity contribution in [1.29, 1.82) is 0 Å². The third-order valence-corrected chi connectivity index (χ3v) is 3.17. The van der Waals surface area contributed by atoms with E-state index in [1.807, 2.05) is 13.0 Å². The first-order valence-corrected chi connectivity index (χ1v) is 7.01. The van der Waals surface area contributed by atoms with Crippen molar-refractivity contribution in [3.63, 3.8) is 0 Å². The first-order chi connectivity index (χ1) is 10.5. The molecular formula is C15H18N4O3. The van der Waals surface area contributed by atoms with Gasteiger partial charge in [-0.05, 0) is 25.5 Å². The Labute approximate surface area is 127 Å². The number of hydrogen-bond acceptors (Lipinski definition) is 5. The number of fused-ring (bicyclic) bond motifs is 1. The number of non-ortho nitro benzene ring substituents is 1. The van der Waals surface area contributed by atoms with Crippen molar-refractivity contribution >= 4 is 28.2 Å². The van der Waals surface area contributed by atoms with E-state index in [1.165, 1.54) is 19.1 Å². The van der Waals surface area contributed by atoms with Crippen LogP contribution in [0.4, 0.5) is 11.4 Å². The standard InChI is InChI=1S/C15H18N4O3/c1-10-8-15(17-7-3-6-16-11(2)20)13-9-12(19(21)22)4-5-14(13)18-10/h4-5,8-9H,3,6-7H2,1-2H3,(H,16,20)(H,17,18). The highest BCUT2D eigenvalue weighted by Crippen LogP contribution is 2.27. The lowest BCUT2D eigenvalue weighted by Gasteiger charge is -2.11. The first-order valence-electron chi connectivity index (χ1n) is 7.01. The molecule has 1 amide bonds. The third-order valence-electron chi connectivity index (χ3n) is 3.17. The quantitative estimate of drug-likeness (QED) is 0.485. The fraction of sp³-hybridized carbons (Fsp3) is 0.333. The lowest BCUT2D eigenvalue weighted by atomic mass is 10.1. The van der Waals surface area contributed by atoms with Gasteiger partial charge in [0.05, 0.1) is 10.4 Å². The van der Waals surface area contributed by atoms with Gasteiger partial charge in [-0.25, -0.2) is 0 Å². The minimum atomic E-state index is -0.417. The molecule has 2 rings (SSSR count). The number of nitrogens with one attached hydrogen (secondary N) is 2. The Kier molecular flexibility index (Phi) is 4.88. The van der Waals surface area contributed by atoms with Crippen LogP contribution in [-0.4, -0.2) is 28.9 Å². The van der Waals surface area contributed by atoms with Crippen LogP contribution in [-0.2, 0) is 4.79 Å². The monoisotopic (exact) mass is 302 g/mol. The van der Waals surface area contributed by atoms with Gasteiger partial charge in [-0.2, -0.15) is 0 Å². The number of aryl methyl sites for hydroxylation is 1. The maximum atomic E-state index is 10.9. The predicted molar refractivity (Wildman–Crippen MR) is 84.9 cm³/mol. The average molecular weight is 302 g/mol. The second kappa shape index (κ2) is 6.84. The molecule has 2 N–H and O–H groups in total. The Bertz CT molecular complexity index is 715. The van der Waals surface area contributed by atoms with Crippen molar-refractivity contribution in [2.24, 2.45) is 0 Å². The molecule has 0 aliphatic carbocycles. The van der Waals surface area contributed by atoms with Crippen molar-refractivity contribution in [3.05, 3.63) is 40.1 Å². The molecule has 0 unspecified atom stereocenters. The zero-order valence-corrected chi connectivity index (χ0v) is 12.5. The number of aromatic nitrogens is 1. The molecule has 0 saturated carbocycles. The minimum Gasteiger partial charge on any atom is -0.384 e. The van der Waals surface area contributed by atoms with E-state index < -0.39 is 4.92 Å². The summed E-state index contributed by atoms with van der Waals surface area (Å²) < 4.78 is 0. The van der Waals surface area contributed by atoms with Gasteiger partial charge in [0.2, 0.25) is 5.91 Å². The van der Waals surface area contributed by atoms with Crippen LogP contribution in [0.3, 0.4) is 0 Å². The molecule has 0 spiro atoms. The highest BCUT2D eigenvalue weighted by molar-refractivity contribution is 5.93. The van der Waals surface area contributed by atoms with Crippen molar-refractivity contribution < 1.29 is 9.72 Å². The highest BCUT2D eigenvalue weighted by Gasteiger charge is 2.10. The molecule has 0 bridgehead atoms. The molecule has 22 heavy (non-hydrogen) atoms. The van der Waals surface area contributed by atoms with Gasteiger partial charge >= 0.3 is 0 Å². The van der Waals surface area contributed by atoms with Crippen LogP contribution in [0, 0.1) is 17.0 Å². The zero-order valence-electron chi connectivity index (χ0n) is 12.5. The van der Waals surface area contributed by atoms with E-state index in [-0.39, 0.29) is 11.6 Å². The lowest BCUT2D eigenvalue weighted by Crippen LogP contribution is -2.22. The molecular weight excluding hydrogens is 284 g/mol. The van der Waals surface area contributed by atoms with E-state index in [1.54, 1.807) is 6.07 Å². The second-order valence-electron chi connectivity index (χ2n) is 5.03. The SMILES string of the molecule is CC(=O)NCCCNc1cc(C)nc2ccc([N+](=O)[O-])cc12. The number of rotatable bonds is 6. The molecule has 1 aromatic carbocycles. The van der Waals surface area contributed by atoms with Crippen LogP contribution in [0.5, 0.6) is 0 Å². The van der Waals surface area contributed by atoms with E-state index in [0.717, 1.165) is 28.7 Å². The molecule has 0 radical (unpaired) electrons. The molecule has 0 aliphatic heterocycles. The van der Waals surface area contributed by atoms with Crippen LogP contribution in [0.1, 0.15) is 19.0 Å². The Morgan fingerprint density at radius 1 is 1.32 bits per heavy atom. The molecule has 0 aliphatic rings. The summed E-state index contributed by atoms with van der Waals surface area (Å²) in [6, 6.07) is 6.50. The molecule has 0 saturated heterocycles. The Hall–Kier alpha value is -2.70. The Balaban J connectivity index is 2.18. The van der Waals surface area contributed by atoms with Crippen molar-refractivity contribution in [3.8, 4) is 0 Å². The fourth-order valence-corrected chi connectivity index (χ4v) is 2.18. The molecule has 7 heteroatoms. The fourth-order valence-electron chi connectivity index (χ4n) is 2.18. The number of benzene rings is 1. The van der Waals surface area contributed by atoms with Gasteiger partial charge in [0.15, 0.2) is 0 Å². The first kappa shape index (κ1) is 15.7. The average Bonchev–Trinajstić information content (AvgIpc) is 2.45. The van der Waals surface area contributed by atoms with Gasteiger partial charge in [-0.1, -0.05) is 0 Å². The van der Waals surface area contributed by atoms with Crippen molar-refractivity contribution in [2.45, 2.75) is 20.3 Å². The zero-order chi connectivity index (χ0) is 16.1. The normalized spacial score (nSPS) is 10.5. The van der Waals surface area contributed by atoms with Gasteiger partial charge < -0.3 is 10.6 Å². The summed E-state index contributed by atoms with van der Waals surface area (Å²) in [6.45, 7) is 4.60. The minimum absolute atomic E-state index is 0.0412. The summed E-state index contributed by atoms with van der Waals surface area (Å²) in [4.78, 5) is 25.7. The van der Waals surface area contributed by atoms with Gasteiger partial charge in [0.25, 0.3) is 5.69 Å². The summed E-state index contributed by atoms with van der Waals surface area (Å²) in [5.41, 5.74) is 2.41. The Morgan fingerprint density at radius 2 is 2.09 bits per heavy atom. The maximum Gasteiger partial charge on any atom is 0.270 e. The number of amides is 1. The largest absolute Gasteiger partial charge is 0.384 e. The van der Waals surface area contributed by atoms with Gasteiger partial charge in [0, 0.05) is 48.9 Å². The number of carbonyl (C=O) groups excluding carboxylic acids is 1. The number of nitro benzene ring substituents is 1. The smallest absolute Gasteiger partial charge is 0.270 e. The lowest BCUT2D eigenvalue weighted by molar-refractivity contribution is -0.384. The number of nitrogens with zero attached hydrogens (tertiary/aromatic N) is 2. The summed E-state index contributed by atoms with van der Waals surface area (Å²) in [5.74, 6) is -0.0548. The van der Waals surface area contributed by atoms with Gasteiger partial charge in [0.1, 0.15) is 0 Å². The van der Waals surface area contributed by atoms with E-state index in [2.05, 4.69) is 15.6 Å². The van der Waals surface area contributed by atoms with Crippen LogP contribution >= 0.6 is 0 Å². The number of nitro groups is 1. The molecule has 1 heterocycles. The van der Waals surface area contributed by atoms with E-state index in [9.17, 15) is 14.9 Å². The summed E-state index contributed by atoms with van der Waals surface area (Å²) in [7, 11) is 0. The molecule has 0 fully saturated rings. The topological polar surface area (TPSA) is 97.2 Å². The molecule has 1 aromatic heterocycles. The number of carbonyl (C=O) groups is 1. The summed E-state index contributed by atoms with van der Waals surface area (Å²) in [5, 5.41) is 17.6. The predicted octanol–water partition coefficient (Wildman–Crippen LogP) is 2.39. The highest BCUT2D eigenvalue weighted by atomic mass is 16.6.